The highest BCUT2D eigenvalue weighted by molar-refractivity contribution is 5.94. The smallest absolute Gasteiger partial charge is 0.251 e. The third kappa shape index (κ3) is 6.03. The summed E-state index contributed by atoms with van der Waals surface area (Å²) in [7, 11) is 1.76. The van der Waals surface area contributed by atoms with Gasteiger partial charge in [-0.1, -0.05) is 30.3 Å². The summed E-state index contributed by atoms with van der Waals surface area (Å²) in [5.74, 6) is 0.479. The summed E-state index contributed by atoms with van der Waals surface area (Å²) in [6.07, 6.45) is 0.661. The van der Waals surface area contributed by atoms with Gasteiger partial charge in [-0.3, -0.25) is 9.79 Å². The number of nitrogens with one attached hydrogen (secondary N) is 2. The van der Waals surface area contributed by atoms with Crippen LogP contribution in [-0.2, 0) is 4.74 Å². The van der Waals surface area contributed by atoms with Crippen molar-refractivity contribution in [3.8, 4) is 0 Å². The van der Waals surface area contributed by atoms with Gasteiger partial charge < -0.3 is 20.3 Å². The summed E-state index contributed by atoms with van der Waals surface area (Å²) in [5.41, 5.74) is 1.61. The maximum absolute atomic E-state index is 13.2. The van der Waals surface area contributed by atoms with E-state index in [2.05, 4.69) is 20.5 Å². The van der Waals surface area contributed by atoms with Gasteiger partial charge in [-0.15, -0.1) is 0 Å². The second-order valence-corrected chi connectivity index (χ2v) is 7.34. The molecule has 2 atom stereocenters. The fourth-order valence-electron chi connectivity index (χ4n) is 3.50. The lowest BCUT2D eigenvalue weighted by molar-refractivity contribution is -0.0605. The Morgan fingerprint density at radius 1 is 1.10 bits per heavy atom. The van der Waals surface area contributed by atoms with Crippen molar-refractivity contribution in [2.45, 2.75) is 25.6 Å². The van der Waals surface area contributed by atoms with Gasteiger partial charge in [0, 0.05) is 32.2 Å². The largest absolute Gasteiger partial charge is 0.367 e. The molecule has 0 bridgehead atoms. The van der Waals surface area contributed by atoms with Crippen LogP contribution in [0.15, 0.2) is 59.6 Å². The van der Waals surface area contributed by atoms with E-state index in [9.17, 15) is 9.18 Å². The van der Waals surface area contributed by atoms with Crippen molar-refractivity contribution in [2.24, 2.45) is 4.99 Å². The van der Waals surface area contributed by atoms with Crippen molar-refractivity contribution in [3.05, 3.63) is 71.5 Å². The Labute approximate surface area is 177 Å². The van der Waals surface area contributed by atoms with Crippen LogP contribution in [-0.4, -0.2) is 56.1 Å². The van der Waals surface area contributed by atoms with Gasteiger partial charge in [0.05, 0.1) is 12.6 Å². The van der Waals surface area contributed by atoms with Gasteiger partial charge in [-0.2, -0.15) is 0 Å². The first-order valence-corrected chi connectivity index (χ1v) is 10.3. The fraction of sp³-hybridized carbons (Fsp3) is 0.391. The standard InChI is InChI=1S/C23H29FN4O2/c1-17-15-28(16-21(30-17)18-9-11-20(24)12-10-18)23(25-2)27-14-6-13-26-22(29)19-7-4-3-5-8-19/h3-5,7-12,17,21H,6,13-16H2,1-2H3,(H,25,27)(H,26,29). The van der Waals surface area contributed by atoms with E-state index in [1.54, 1.807) is 31.3 Å². The molecule has 2 aromatic carbocycles. The average Bonchev–Trinajstić information content (AvgIpc) is 2.76. The van der Waals surface area contributed by atoms with Crippen LogP contribution in [0.1, 0.15) is 35.4 Å². The molecule has 1 fully saturated rings. The number of ether oxygens (including phenoxy) is 1. The summed E-state index contributed by atoms with van der Waals surface area (Å²) >= 11 is 0. The number of halogens is 1. The molecule has 1 amide bonds. The Bertz CT molecular complexity index is 842. The topological polar surface area (TPSA) is 66.0 Å². The predicted molar refractivity (Wildman–Crippen MR) is 116 cm³/mol. The minimum atomic E-state index is -0.253. The van der Waals surface area contributed by atoms with Crippen molar-refractivity contribution in [2.75, 3.05) is 33.2 Å². The van der Waals surface area contributed by atoms with E-state index in [4.69, 9.17) is 4.74 Å². The number of guanidine groups is 1. The summed E-state index contributed by atoms with van der Waals surface area (Å²) in [6, 6.07) is 15.6. The minimum absolute atomic E-state index is 0.0255. The highest BCUT2D eigenvalue weighted by Crippen LogP contribution is 2.25. The molecule has 0 aliphatic carbocycles. The van der Waals surface area contributed by atoms with Crippen molar-refractivity contribution in [3.63, 3.8) is 0 Å². The predicted octanol–water partition coefficient (Wildman–Crippen LogP) is 2.98. The van der Waals surface area contributed by atoms with E-state index in [0.29, 0.717) is 25.2 Å². The van der Waals surface area contributed by atoms with Crippen LogP contribution < -0.4 is 10.6 Å². The second-order valence-electron chi connectivity index (χ2n) is 7.34. The molecule has 1 saturated heterocycles. The van der Waals surface area contributed by atoms with Gasteiger partial charge in [0.1, 0.15) is 11.9 Å². The Hall–Kier alpha value is -2.93. The molecule has 2 unspecified atom stereocenters. The minimum Gasteiger partial charge on any atom is -0.367 e. The highest BCUT2D eigenvalue weighted by atomic mass is 19.1. The number of amides is 1. The van der Waals surface area contributed by atoms with Gasteiger partial charge in [-0.25, -0.2) is 4.39 Å². The molecule has 1 aliphatic heterocycles. The molecule has 0 saturated carbocycles. The first-order chi connectivity index (χ1) is 14.6. The quantitative estimate of drug-likeness (QED) is 0.435. The number of aliphatic imine (C=N–C) groups is 1. The molecule has 0 aromatic heterocycles. The molecule has 1 aliphatic rings. The molecule has 160 valence electrons. The molecule has 7 heteroatoms. The van der Waals surface area contributed by atoms with Gasteiger partial charge in [0.15, 0.2) is 5.96 Å². The maximum atomic E-state index is 13.2. The number of benzene rings is 2. The van der Waals surface area contributed by atoms with Crippen molar-refractivity contribution < 1.29 is 13.9 Å². The average molecular weight is 413 g/mol. The zero-order valence-electron chi connectivity index (χ0n) is 17.5. The van der Waals surface area contributed by atoms with E-state index in [1.807, 2.05) is 25.1 Å². The Morgan fingerprint density at radius 2 is 1.80 bits per heavy atom. The van der Waals surface area contributed by atoms with Crippen molar-refractivity contribution in [1.29, 1.82) is 0 Å². The third-order valence-corrected chi connectivity index (χ3v) is 4.97. The van der Waals surface area contributed by atoms with Crippen LogP contribution in [0, 0.1) is 5.82 Å². The monoisotopic (exact) mass is 412 g/mol. The normalized spacial score (nSPS) is 19.4. The van der Waals surface area contributed by atoms with E-state index in [0.717, 1.165) is 24.5 Å². The lowest BCUT2D eigenvalue weighted by Gasteiger charge is -2.38. The number of hydrogen-bond acceptors (Lipinski definition) is 3. The SMILES string of the molecule is CN=C(NCCCNC(=O)c1ccccc1)N1CC(C)OC(c2ccc(F)cc2)C1. The number of rotatable bonds is 6. The Morgan fingerprint density at radius 3 is 2.50 bits per heavy atom. The van der Waals surface area contributed by atoms with E-state index in [1.165, 1.54) is 12.1 Å². The first-order valence-electron chi connectivity index (χ1n) is 10.3. The second kappa shape index (κ2) is 10.7. The zero-order valence-corrected chi connectivity index (χ0v) is 17.5. The highest BCUT2D eigenvalue weighted by Gasteiger charge is 2.28. The van der Waals surface area contributed by atoms with Crippen LogP contribution in [0.25, 0.3) is 0 Å². The Balaban J connectivity index is 1.46. The molecule has 6 nitrogen and oxygen atoms in total. The number of carbonyl (C=O) groups is 1. The van der Waals surface area contributed by atoms with Crippen molar-refractivity contribution in [1.82, 2.24) is 15.5 Å². The molecular formula is C23H29FN4O2. The summed E-state index contributed by atoms with van der Waals surface area (Å²) in [6.45, 7) is 4.65. The van der Waals surface area contributed by atoms with Gasteiger partial charge in [0.2, 0.25) is 0 Å². The number of morpholine rings is 1. The molecule has 2 N–H and O–H groups in total. The van der Waals surface area contributed by atoms with Crippen LogP contribution >= 0.6 is 0 Å². The molecule has 0 spiro atoms. The first kappa shape index (κ1) is 21.8. The molecule has 30 heavy (non-hydrogen) atoms. The zero-order chi connectivity index (χ0) is 21.3. The lowest BCUT2D eigenvalue weighted by atomic mass is 10.1. The number of nitrogens with zero attached hydrogens (tertiary/aromatic N) is 2. The Kier molecular flexibility index (Phi) is 7.79. The summed E-state index contributed by atoms with van der Waals surface area (Å²) in [4.78, 5) is 18.6. The molecule has 1 heterocycles. The molecule has 0 radical (unpaired) electrons. The van der Waals surface area contributed by atoms with Gasteiger partial charge >= 0.3 is 0 Å². The van der Waals surface area contributed by atoms with Crippen LogP contribution in [0.4, 0.5) is 4.39 Å². The third-order valence-electron chi connectivity index (χ3n) is 4.97. The van der Waals surface area contributed by atoms with Crippen molar-refractivity contribution >= 4 is 11.9 Å². The summed E-state index contributed by atoms with van der Waals surface area (Å²) in [5, 5.41) is 6.29. The molecular weight excluding hydrogens is 383 g/mol. The van der Waals surface area contributed by atoms with Crippen LogP contribution in [0.5, 0.6) is 0 Å². The van der Waals surface area contributed by atoms with E-state index < -0.39 is 0 Å². The van der Waals surface area contributed by atoms with Gasteiger partial charge in [0.25, 0.3) is 5.91 Å². The fourth-order valence-corrected chi connectivity index (χ4v) is 3.50. The molecule has 3 rings (SSSR count). The van der Waals surface area contributed by atoms with E-state index in [-0.39, 0.29) is 23.9 Å². The van der Waals surface area contributed by atoms with E-state index >= 15 is 0 Å². The maximum Gasteiger partial charge on any atom is 0.251 e. The number of hydrogen-bond donors (Lipinski definition) is 2. The van der Waals surface area contributed by atoms with Gasteiger partial charge in [-0.05, 0) is 43.2 Å². The lowest BCUT2D eigenvalue weighted by Crippen LogP contribution is -2.51. The van der Waals surface area contributed by atoms with Crippen LogP contribution in [0.3, 0.4) is 0 Å². The number of carbonyl (C=O) groups excluding carboxylic acids is 1. The summed E-state index contributed by atoms with van der Waals surface area (Å²) < 4.78 is 19.3. The molecule has 2 aromatic rings. The van der Waals surface area contributed by atoms with Crippen LogP contribution in [0.2, 0.25) is 0 Å².